The Balaban J connectivity index is 1.62. The fourth-order valence-corrected chi connectivity index (χ4v) is 2.61. The summed E-state index contributed by atoms with van der Waals surface area (Å²) >= 11 is 5.78. The summed E-state index contributed by atoms with van der Waals surface area (Å²) in [5.74, 6) is -0.168. The molecule has 3 heterocycles. The molecule has 0 radical (unpaired) electrons. The minimum atomic E-state index is -0.497. The summed E-state index contributed by atoms with van der Waals surface area (Å²) in [6.45, 7) is 2.65. The Kier molecular flexibility index (Phi) is 6.15. The average molecular weight is 391 g/mol. The van der Waals surface area contributed by atoms with Gasteiger partial charge >= 0.3 is 6.09 Å². The number of halogens is 1. The van der Waals surface area contributed by atoms with Gasteiger partial charge < -0.3 is 19.9 Å². The molecule has 1 saturated heterocycles. The van der Waals surface area contributed by atoms with E-state index in [4.69, 9.17) is 16.3 Å². The second kappa shape index (κ2) is 8.74. The zero-order valence-corrected chi connectivity index (χ0v) is 15.5. The van der Waals surface area contributed by atoms with Crippen LogP contribution in [-0.2, 0) is 11.3 Å². The van der Waals surface area contributed by atoms with Crippen LogP contribution in [0.2, 0.25) is 5.02 Å². The molecule has 1 aliphatic rings. The van der Waals surface area contributed by atoms with Crippen molar-refractivity contribution in [3.63, 3.8) is 0 Å². The van der Waals surface area contributed by atoms with Crippen molar-refractivity contribution in [3.8, 4) is 0 Å². The summed E-state index contributed by atoms with van der Waals surface area (Å²) in [5.41, 5.74) is 0.340. The van der Waals surface area contributed by atoms with Crippen LogP contribution in [-0.4, -0.2) is 70.0 Å². The molecule has 0 spiro atoms. The summed E-state index contributed by atoms with van der Waals surface area (Å²) in [5, 5.41) is 3.08. The zero-order chi connectivity index (χ0) is 19.2. The van der Waals surface area contributed by atoms with Gasteiger partial charge in [0.05, 0.1) is 5.02 Å². The zero-order valence-electron chi connectivity index (χ0n) is 14.8. The Morgan fingerprint density at radius 2 is 1.89 bits per heavy atom. The number of rotatable bonds is 4. The summed E-state index contributed by atoms with van der Waals surface area (Å²) in [4.78, 5) is 40.6. The van der Waals surface area contributed by atoms with Crippen LogP contribution in [0.15, 0.2) is 30.7 Å². The number of hydrogen-bond acceptors (Lipinski definition) is 7. The molecule has 2 amide bonds. The Morgan fingerprint density at radius 1 is 1.15 bits per heavy atom. The van der Waals surface area contributed by atoms with Gasteiger partial charge in [0.1, 0.15) is 18.1 Å². The first kappa shape index (κ1) is 19.0. The minimum Gasteiger partial charge on any atom is -0.443 e. The van der Waals surface area contributed by atoms with Crippen LogP contribution < -0.4 is 5.32 Å². The third kappa shape index (κ3) is 5.11. The summed E-state index contributed by atoms with van der Waals surface area (Å²) in [6, 6.07) is 3.18. The molecule has 2 aromatic rings. The molecule has 3 rings (SSSR count). The first-order valence-electron chi connectivity index (χ1n) is 8.36. The first-order chi connectivity index (χ1) is 13.0. The van der Waals surface area contributed by atoms with Gasteiger partial charge in [-0.2, -0.15) is 0 Å². The van der Waals surface area contributed by atoms with Crippen molar-refractivity contribution in [2.75, 3.05) is 38.5 Å². The number of pyridine rings is 1. The summed E-state index contributed by atoms with van der Waals surface area (Å²) in [6.07, 6.45) is 3.83. The quantitative estimate of drug-likeness (QED) is 0.847. The fourth-order valence-electron chi connectivity index (χ4n) is 2.50. The van der Waals surface area contributed by atoms with Crippen LogP contribution in [0, 0.1) is 0 Å². The van der Waals surface area contributed by atoms with Gasteiger partial charge in [-0.05, 0) is 19.2 Å². The van der Waals surface area contributed by atoms with Crippen molar-refractivity contribution in [3.05, 3.63) is 47.1 Å². The van der Waals surface area contributed by atoms with Crippen LogP contribution in [0.5, 0.6) is 0 Å². The van der Waals surface area contributed by atoms with Gasteiger partial charge in [-0.15, -0.1) is 0 Å². The highest BCUT2D eigenvalue weighted by atomic mass is 35.5. The second-order valence-corrected chi connectivity index (χ2v) is 6.45. The largest absolute Gasteiger partial charge is 0.443 e. The highest BCUT2D eigenvalue weighted by molar-refractivity contribution is 6.30. The lowest BCUT2D eigenvalue weighted by atomic mass is 10.3. The normalized spacial score (nSPS) is 14.7. The molecule has 2 aromatic heterocycles. The molecule has 0 aromatic carbocycles. The Bertz CT molecular complexity index is 809. The van der Waals surface area contributed by atoms with Crippen molar-refractivity contribution in [1.82, 2.24) is 24.8 Å². The molecule has 0 bridgehead atoms. The SMILES string of the molecule is CN1CCN(C(=O)OCc2nccnc2C(=O)Nc2ccc(Cl)cn2)CC1. The van der Waals surface area contributed by atoms with E-state index in [1.165, 1.54) is 18.6 Å². The first-order valence-corrected chi connectivity index (χ1v) is 8.74. The number of amides is 2. The van der Waals surface area contributed by atoms with E-state index in [1.54, 1.807) is 17.0 Å². The van der Waals surface area contributed by atoms with E-state index >= 15 is 0 Å². The second-order valence-electron chi connectivity index (χ2n) is 6.01. The number of likely N-dealkylation sites (N-methyl/N-ethyl adjacent to an activating group) is 1. The maximum absolute atomic E-state index is 12.5. The molecule has 1 fully saturated rings. The predicted octanol–water partition coefficient (Wildman–Crippen LogP) is 1.66. The lowest BCUT2D eigenvalue weighted by molar-refractivity contribution is 0.0752. The van der Waals surface area contributed by atoms with Crippen molar-refractivity contribution in [2.24, 2.45) is 0 Å². The Morgan fingerprint density at radius 3 is 2.59 bits per heavy atom. The molecular weight excluding hydrogens is 372 g/mol. The topological polar surface area (TPSA) is 101 Å². The summed E-state index contributed by atoms with van der Waals surface area (Å²) in [7, 11) is 2.00. The van der Waals surface area contributed by atoms with E-state index in [2.05, 4.69) is 25.2 Å². The van der Waals surface area contributed by atoms with Crippen LogP contribution in [0.3, 0.4) is 0 Å². The maximum atomic E-state index is 12.5. The molecule has 142 valence electrons. The smallest absolute Gasteiger partial charge is 0.410 e. The monoisotopic (exact) mass is 390 g/mol. The number of anilines is 1. The predicted molar refractivity (Wildman–Crippen MR) is 98.5 cm³/mol. The molecule has 0 saturated carbocycles. The Labute approximate surface area is 161 Å². The molecule has 1 N–H and O–H groups in total. The molecule has 1 aliphatic heterocycles. The van der Waals surface area contributed by atoms with Crippen LogP contribution in [0.4, 0.5) is 10.6 Å². The van der Waals surface area contributed by atoms with Crippen LogP contribution in [0.25, 0.3) is 0 Å². The number of aromatic nitrogens is 3. The van der Waals surface area contributed by atoms with Crippen molar-refractivity contribution >= 4 is 29.4 Å². The van der Waals surface area contributed by atoms with E-state index in [1.807, 2.05) is 7.05 Å². The molecule has 9 nitrogen and oxygen atoms in total. The standard InChI is InChI=1S/C17H19ClN6O3/c1-23-6-8-24(9-7-23)17(26)27-11-13-15(20-5-4-19-13)16(25)22-14-3-2-12(18)10-21-14/h2-5,10H,6-9,11H2,1H3,(H,21,22,25). The Hall–Kier alpha value is -2.78. The van der Waals surface area contributed by atoms with Crippen molar-refractivity contribution in [2.45, 2.75) is 6.61 Å². The molecule has 0 aliphatic carbocycles. The van der Waals surface area contributed by atoms with Gasteiger partial charge in [-0.1, -0.05) is 11.6 Å². The third-order valence-electron chi connectivity index (χ3n) is 4.05. The van der Waals surface area contributed by atoms with Gasteiger partial charge in [0.25, 0.3) is 5.91 Å². The number of hydrogen-bond donors (Lipinski definition) is 1. The van der Waals surface area contributed by atoms with Gasteiger partial charge in [0.15, 0.2) is 5.69 Å². The van der Waals surface area contributed by atoms with E-state index in [9.17, 15) is 9.59 Å². The van der Waals surface area contributed by atoms with E-state index in [0.29, 0.717) is 23.9 Å². The number of carbonyl (C=O) groups is 2. The third-order valence-corrected chi connectivity index (χ3v) is 4.28. The molecule has 0 unspecified atom stereocenters. The van der Waals surface area contributed by atoms with Crippen molar-refractivity contribution < 1.29 is 14.3 Å². The van der Waals surface area contributed by atoms with E-state index in [0.717, 1.165) is 13.1 Å². The number of nitrogens with zero attached hydrogens (tertiary/aromatic N) is 5. The van der Waals surface area contributed by atoms with Gasteiger partial charge in [0.2, 0.25) is 0 Å². The number of carbonyl (C=O) groups excluding carboxylic acids is 2. The highest BCUT2D eigenvalue weighted by Crippen LogP contribution is 2.12. The molecule has 27 heavy (non-hydrogen) atoms. The number of ether oxygens (including phenoxy) is 1. The lowest BCUT2D eigenvalue weighted by Crippen LogP contribution is -2.47. The van der Waals surface area contributed by atoms with Gasteiger partial charge in [0, 0.05) is 44.8 Å². The molecule has 0 atom stereocenters. The van der Waals surface area contributed by atoms with Crippen LogP contribution >= 0.6 is 11.6 Å². The lowest BCUT2D eigenvalue weighted by Gasteiger charge is -2.31. The maximum Gasteiger partial charge on any atom is 0.410 e. The van der Waals surface area contributed by atoms with Gasteiger partial charge in [-0.3, -0.25) is 9.78 Å². The number of nitrogens with one attached hydrogen (secondary N) is 1. The van der Waals surface area contributed by atoms with E-state index in [-0.39, 0.29) is 18.0 Å². The number of piperazine rings is 1. The molecular formula is C17H19ClN6O3. The van der Waals surface area contributed by atoms with Gasteiger partial charge in [-0.25, -0.2) is 14.8 Å². The fraction of sp³-hybridized carbons (Fsp3) is 0.353. The minimum absolute atomic E-state index is 0.0698. The molecule has 10 heteroatoms. The van der Waals surface area contributed by atoms with E-state index < -0.39 is 12.0 Å². The highest BCUT2D eigenvalue weighted by Gasteiger charge is 2.22. The van der Waals surface area contributed by atoms with Crippen LogP contribution in [0.1, 0.15) is 16.2 Å². The van der Waals surface area contributed by atoms with Crippen molar-refractivity contribution in [1.29, 1.82) is 0 Å². The average Bonchev–Trinajstić information content (AvgIpc) is 2.68. The summed E-state index contributed by atoms with van der Waals surface area (Å²) < 4.78 is 5.31.